The molecule has 0 saturated heterocycles. The Bertz CT molecular complexity index is 928. The highest BCUT2D eigenvalue weighted by Crippen LogP contribution is 2.27. The van der Waals surface area contributed by atoms with Crippen LogP contribution in [0.1, 0.15) is 6.42 Å². The predicted octanol–water partition coefficient (Wildman–Crippen LogP) is 4.83. The summed E-state index contributed by atoms with van der Waals surface area (Å²) in [5.41, 5.74) is 1.46. The molecule has 2 aromatic rings. The molecule has 0 heterocycles. The molecule has 0 aliphatic carbocycles. The predicted molar refractivity (Wildman–Crippen MR) is 135 cm³/mol. The summed E-state index contributed by atoms with van der Waals surface area (Å²) < 4.78 is 0. The van der Waals surface area contributed by atoms with E-state index in [0.29, 0.717) is 15.7 Å². The Kier molecular flexibility index (Phi) is 12.5. The summed E-state index contributed by atoms with van der Waals surface area (Å²) in [4.78, 5) is 24.2. The van der Waals surface area contributed by atoms with E-state index >= 15 is 0 Å². The second kappa shape index (κ2) is 14.5. The number of non-ortho nitro benzene ring substituents is 2. The monoisotopic (exact) mass is 500 g/mol. The van der Waals surface area contributed by atoms with Crippen molar-refractivity contribution in [2.45, 2.75) is 6.42 Å². The van der Waals surface area contributed by atoms with Crippen molar-refractivity contribution in [3.63, 3.8) is 0 Å². The first kappa shape index (κ1) is 28.4. The van der Waals surface area contributed by atoms with Gasteiger partial charge in [0.2, 0.25) is 0 Å². The van der Waals surface area contributed by atoms with E-state index in [9.17, 15) is 20.2 Å². The van der Waals surface area contributed by atoms with Gasteiger partial charge in [0.15, 0.2) is 0 Å². The highest BCUT2D eigenvalue weighted by atomic mass is 35.5. The minimum Gasteiger partial charge on any atom is -0.384 e. The zero-order valence-corrected chi connectivity index (χ0v) is 20.7. The van der Waals surface area contributed by atoms with Gasteiger partial charge < -0.3 is 20.4 Å². The summed E-state index contributed by atoms with van der Waals surface area (Å²) in [6.07, 6.45) is 0.986. The van der Waals surface area contributed by atoms with Crippen molar-refractivity contribution in [1.82, 2.24) is 9.80 Å². The van der Waals surface area contributed by atoms with E-state index in [1.54, 1.807) is 12.1 Å². The van der Waals surface area contributed by atoms with Crippen molar-refractivity contribution >= 4 is 46.0 Å². The van der Waals surface area contributed by atoms with Gasteiger partial charge in [-0.2, -0.15) is 0 Å². The second-order valence-electron chi connectivity index (χ2n) is 7.66. The number of likely N-dealkylation sites (N-methyl/N-ethyl adjacent to an activating group) is 1. The van der Waals surface area contributed by atoms with Gasteiger partial charge in [-0.15, -0.1) is 0 Å². The quantitative estimate of drug-likeness (QED) is 0.255. The minimum absolute atomic E-state index is 0.00293. The molecule has 0 fully saturated rings. The highest BCUT2D eigenvalue weighted by Gasteiger charge is 2.09. The summed E-state index contributed by atoms with van der Waals surface area (Å²) in [7, 11) is 7.97. The van der Waals surface area contributed by atoms with Gasteiger partial charge in [-0.05, 0) is 53.3 Å². The first-order valence-electron chi connectivity index (χ1n) is 10.2. The maximum absolute atomic E-state index is 10.5. The van der Waals surface area contributed by atoms with E-state index in [2.05, 4.69) is 15.5 Å². The van der Waals surface area contributed by atoms with Gasteiger partial charge >= 0.3 is 0 Å². The Balaban J connectivity index is 0.000000331. The Morgan fingerprint density at radius 3 is 1.55 bits per heavy atom. The molecule has 182 valence electrons. The normalized spacial score (nSPS) is 10.5. The van der Waals surface area contributed by atoms with Crippen LogP contribution >= 0.6 is 23.2 Å². The Hall–Kier alpha value is -2.66. The van der Waals surface area contributed by atoms with Gasteiger partial charge in [0.25, 0.3) is 11.4 Å². The molecular weight excluding hydrogens is 471 g/mol. The molecule has 0 saturated carbocycles. The first-order valence-corrected chi connectivity index (χ1v) is 10.9. The number of hydrogen-bond donors (Lipinski definition) is 2. The van der Waals surface area contributed by atoms with Gasteiger partial charge in [-0.25, -0.2) is 0 Å². The lowest BCUT2D eigenvalue weighted by atomic mass is 10.2. The van der Waals surface area contributed by atoms with Crippen LogP contribution in [0.15, 0.2) is 36.4 Å². The molecule has 0 unspecified atom stereocenters. The molecule has 0 aromatic heterocycles. The molecular formula is C21H30Cl2N6O4. The molecule has 2 rings (SSSR count). The number of benzene rings is 2. The largest absolute Gasteiger partial charge is 0.384 e. The molecule has 0 atom stereocenters. The van der Waals surface area contributed by atoms with Crippen LogP contribution in [-0.2, 0) is 0 Å². The standard InChI is InChI=1S/C11H16ClN3O2.C10H14ClN3O2/c1-14(2)7-3-6-13-11-5-4-9(15(16)17)8-10(11)12;1-13(2)6-5-12-10-4-3-8(14(15)16)7-9(10)11/h4-5,8,13H,3,6-7H2,1-2H3;3-4,7,12H,5-6H2,1-2H3. The summed E-state index contributed by atoms with van der Waals surface area (Å²) in [5, 5.41) is 28.0. The fourth-order valence-electron chi connectivity index (χ4n) is 2.55. The average molecular weight is 501 g/mol. The van der Waals surface area contributed by atoms with Crippen molar-refractivity contribution in [2.75, 3.05) is 65.0 Å². The number of nitrogens with one attached hydrogen (secondary N) is 2. The second-order valence-corrected chi connectivity index (χ2v) is 8.47. The zero-order valence-electron chi connectivity index (χ0n) is 19.2. The number of hydrogen-bond acceptors (Lipinski definition) is 8. The van der Waals surface area contributed by atoms with Gasteiger partial charge in [-0.1, -0.05) is 23.2 Å². The molecule has 12 heteroatoms. The van der Waals surface area contributed by atoms with Crippen LogP contribution in [0, 0.1) is 20.2 Å². The van der Waals surface area contributed by atoms with Crippen LogP contribution in [0.4, 0.5) is 22.7 Å². The lowest BCUT2D eigenvalue weighted by molar-refractivity contribution is -0.385. The third kappa shape index (κ3) is 11.2. The molecule has 0 amide bonds. The smallest absolute Gasteiger partial charge is 0.271 e. The van der Waals surface area contributed by atoms with Crippen LogP contribution in [0.25, 0.3) is 0 Å². The fraction of sp³-hybridized carbons (Fsp3) is 0.429. The lowest BCUT2D eigenvalue weighted by Crippen LogP contribution is -2.20. The van der Waals surface area contributed by atoms with Crippen molar-refractivity contribution in [2.24, 2.45) is 0 Å². The maximum atomic E-state index is 10.5. The van der Waals surface area contributed by atoms with E-state index in [1.807, 2.05) is 33.1 Å². The number of anilines is 2. The summed E-state index contributed by atoms with van der Waals surface area (Å²) >= 11 is 11.8. The van der Waals surface area contributed by atoms with Crippen LogP contribution in [0.2, 0.25) is 10.0 Å². The molecule has 0 aliphatic heterocycles. The lowest BCUT2D eigenvalue weighted by Gasteiger charge is -2.12. The fourth-order valence-corrected chi connectivity index (χ4v) is 3.04. The Morgan fingerprint density at radius 1 is 0.758 bits per heavy atom. The third-order valence-electron chi connectivity index (χ3n) is 4.30. The van der Waals surface area contributed by atoms with Crippen molar-refractivity contribution in [3.8, 4) is 0 Å². The van der Waals surface area contributed by atoms with E-state index in [0.717, 1.165) is 38.3 Å². The summed E-state index contributed by atoms with van der Waals surface area (Å²) in [6.45, 7) is 3.38. The number of nitro groups is 2. The molecule has 0 radical (unpaired) electrons. The van der Waals surface area contributed by atoms with E-state index in [-0.39, 0.29) is 11.4 Å². The van der Waals surface area contributed by atoms with Gasteiger partial charge in [0, 0.05) is 43.9 Å². The molecule has 0 spiro atoms. The zero-order chi connectivity index (χ0) is 25.0. The van der Waals surface area contributed by atoms with Crippen molar-refractivity contribution < 1.29 is 9.85 Å². The van der Waals surface area contributed by atoms with E-state index in [4.69, 9.17) is 23.2 Å². The van der Waals surface area contributed by atoms with Crippen molar-refractivity contribution in [3.05, 3.63) is 66.7 Å². The van der Waals surface area contributed by atoms with E-state index < -0.39 is 9.85 Å². The SMILES string of the molecule is CN(C)CCCNc1ccc([N+](=O)[O-])cc1Cl.CN(C)CCNc1ccc([N+](=O)[O-])cc1Cl. The topological polar surface area (TPSA) is 117 Å². The van der Waals surface area contributed by atoms with E-state index in [1.165, 1.54) is 24.3 Å². The van der Waals surface area contributed by atoms with Crippen molar-refractivity contribution in [1.29, 1.82) is 0 Å². The van der Waals surface area contributed by atoms with Crippen LogP contribution < -0.4 is 10.6 Å². The van der Waals surface area contributed by atoms with Crippen LogP contribution in [0.5, 0.6) is 0 Å². The Labute approximate surface area is 203 Å². The molecule has 2 aromatic carbocycles. The minimum atomic E-state index is -0.463. The summed E-state index contributed by atoms with van der Waals surface area (Å²) in [6, 6.07) is 8.84. The highest BCUT2D eigenvalue weighted by molar-refractivity contribution is 6.33. The van der Waals surface area contributed by atoms with Gasteiger partial charge in [0.05, 0.1) is 31.3 Å². The van der Waals surface area contributed by atoms with Crippen LogP contribution in [0.3, 0.4) is 0 Å². The molecule has 33 heavy (non-hydrogen) atoms. The first-order chi connectivity index (χ1) is 15.5. The van der Waals surface area contributed by atoms with Gasteiger partial charge in [0.1, 0.15) is 0 Å². The molecule has 0 aliphatic rings. The molecule has 0 bridgehead atoms. The average Bonchev–Trinajstić information content (AvgIpc) is 2.73. The number of nitrogens with zero attached hydrogens (tertiary/aromatic N) is 4. The number of rotatable bonds is 11. The van der Waals surface area contributed by atoms with Crippen LogP contribution in [-0.4, -0.2) is 74.0 Å². The summed E-state index contributed by atoms with van der Waals surface area (Å²) in [5.74, 6) is 0. The molecule has 10 nitrogen and oxygen atoms in total. The Morgan fingerprint density at radius 2 is 1.18 bits per heavy atom. The maximum Gasteiger partial charge on any atom is 0.271 e. The molecule has 2 N–H and O–H groups in total. The number of halogens is 2. The van der Waals surface area contributed by atoms with Gasteiger partial charge in [-0.3, -0.25) is 20.2 Å². The number of nitro benzene ring substituents is 2. The third-order valence-corrected chi connectivity index (χ3v) is 4.92.